The quantitative estimate of drug-likeness (QED) is 0.564. The van der Waals surface area contributed by atoms with E-state index < -0.39 is 18.4 Å². The Morgan fingerprint density at radius 2 is 2.47 bits per heavy atom. The molecule has 1 fully saturated rings. The fraction of sp³-hybridized carbons (Fsp3) is 0.500. The molecule has 3 N–H and O–H groups in total. The first-order valence-electron chi connectivity index (χ1n) is 5.93. The van der Waals surface area contributed by atoms with Crippen molar-refractivity contribution in [1.29, 1.82) is 0 Å². The summed E-state index contributed by atoms with van der Waals surface area (Å²) in [5, 5.41) is 21.7. The third kappa shape index (κ3) is 2.53. The number of aldehydes is 1. The van der Waals surface area contributed by atoms with E-state index in [1.165, 1.54) is 0 Å². The first-order valence-corrected chi connectivity index (χ1v) is 5.93. The number of nitrogens with one attached hydrogen (secondary N) is 1. The molecule has 2 rings (SSSR count). The molecule has 2 aliphatic rings. The predicted octanol–water partition coefficient (Wildman–Crippen LogP) is -1.06. The molecule has 2 heterocycles. The first kappa shape index (κ1) is 13.7. The number of aliphatic hydroxyl groups excluding tert-OH is 2. The smallest absolute Gasteiger partial charge is 0.155 e. The van der Waals surface area contributed by atoms with Crippen LogP contribution in [0.25, 0.3) is 0 Å². The monoisotopic (exact) mass is 267 g/mol. The van der Waals surface area contributed by atoms with E-state index in [2.05, 4.69) is 16.9 Å². The second kappa shape index (κ2) is 5.52. The van der Waals surface area contributed by atoms with Crippen LogP contribution in [-0.4, -0.2) is 59.3 Å². The number of hydrogen-bond donors (Lipinski definition) is 3. The normalized spacial score (nSPS) is 33.3. The predicted molar refractivity (Wildman–Crippen MR) is 68.0 cm³/mol. The maximum absolute atomic E-state index is 11.0. The van der Waals surface area contributed by atoms with Crippen LogP contribution in [0.15, 0.2) is 29.2 Å². The number of hydrogen-bond acceptors (Lipinski definition) is 6. The molecular formula is C12H17N3O4. The van der Waals surface area contributed by atoms with E-state index in [0.29, 0.717) is 29.9 Å². The Hall–Kier alpha value is -1.70. The number of ether oxygens (including phenoxy) is 1. The summed E-state index contributed by atoms with van der Waals surface area (Å²) >= 11 is 0. The first-order chi connectivity index (χ1) is 9.10. The zero-order chi connectivity index (χ0) is 14.0. The van der Waals surface area contributed by atoms with Crippen molar-refractivity contribution >= 4 is 12.1 Å². The second-order valence-corrected chi connectivity index (χ2v) is 4.37. The molecule has 2 aliphatic heterocycles. The Bertz CT molecular complexity index is 446. The average molecular weight is 267 g/mol. The van der Waals surface area contributed by atoms with Crippen LogP contribution in [0.3, 0.4) is 0 Å². The molecule has 0 spiro atoms. The molecular weight excluding hydrogens is 250 g/mol. The summed E-state index contributed by atoms with van der Waals surface area (Å²) in [6.45, 7) is 3.58. The van der Waals surface area contributed by atoms with Crippen LogP contribution in [0.1, 0.15) is 6.42 Å². The SMILES string of the molecule is C=C1NC(=NC)C(C=O)=CN1[C@H]1C[C@@H](O)C(CO)O1. The summed E-state index contributed by atoms with van der Waals surface area (Å²) in [5.74, 6) is 0.940. The van der Waals surface area contributed by atoms with Gasteiger partial charge in [0, 0.05) is 19.7 Å². The maximum atomic E-state index is 11.0. The highest BCUT2D eigenvalue weighted by Gasteiger charge is 2.38. The summed E-state index contributed by atoms with van der Waals surface area (Å²) in [5.41, 5.74) is 0.375. The van der Waals surface area contributed by atoms with Crippen LogP contribution in [0.5, 0.6) is 0 Å². The topological polar surface area (TPSA) is 94.4 Å². The van der Waals surface area contributed by atoms with Gasteiger partial charge in [-0.05, 0) is 0 Å². The molecule has 0 aliphatic carbocycles. The van der Waals surface area contributed by atoms with Crippen LogP contribution in [0.2, 0.25) is 0 Å². The molecule has 0 amide bonds. The van der Waals surface area contributed by atoms with Crippen LogP contribution in [0.4, 0.5) is 0 Å². The van der Waals surface area contributed by atoms with Gasteiger partial charge in [0.25, 0.3) is 0 Å². The number of carbonyl (C=O) groups excluding carboxylic acids is 1. The minimum atomic E-state index is -0.739. The van der Waals surface area contributed by atoms with Crippen molar-refractivity contribution in [3.8, 4) is 0 Å². The molecule has 0 aromatic rings. The Kier molecular flexibility index (Phi) is 3.98. The zero-order valence-electron chi connectivity index (χ0n) is 10.6. The van der Waals surface area contributed by atoms with Crippen molar-refractivity contribution in [2.24, 2.45) is 4.99 Å². The van der Waals surface area contributed by atoms with Crippen LogP contribution in [0, 0.1) is 0 Å². The van der Waals surface area contributed by atoms with E-state index in [4.69, 9.17) is 9.84 Å². The van der Waals surface area contributed by atoms with Crippen LogP contribution in [-0.2, 0) is 9.53 Å². The van der Waals surface area contributed by atoms with Crippen molar-refractivity contribution in [3.63, 3.8) is 0 Å². The van der Waals surface area contributed by atoms with Gasteiger partial charge in [0.15, 0.2) is 6.29 Å². The van der Waals surface area contributed by atoms with E-state index in [-0.39, 0.29) is 6.61 Å². The lowest BCUT2D eigenvalue weighted by Gasteiger charge is -2.33. The lowest BCUT2D eigenvalue weighted by molar-refractivity contribution is -0.104. The Balaban J connectivity index is 2.21. The molecule has 0 radical (unpaired) electrons. The number of nitrogens with zero attached hydrogens (tertiary/aromatic N) is 2. The Morgan fingerprint density at radius 3 is 3.00 bits per heavy atom. The van der Waals surface area contributed by atoms with Crippen LogP contribution >= 0.6 is 0 Å². The average Bonchev–Trinajstić information content (AvgIpc) is 2.79. The third-order valence-corrected chi connectivity index (χ3v) is 3.17. The lowest BCUT2D eigenvalue weighted by Crippen LogP contribution is -2.43. The van der Waals surface area contributed by atoms with Crippen molar-refractivity contribution in [3.05, 3.63) is 24.2 Å². The van der Waals surface area contributed by atoms with Gasteiger partial charge in [0.2, 0.25) is 0 Å². The molecule has 19 heavy (non-hydrogen) atoms. The lowest BCUT2D eigenvalue weighted by atomic mass is 10.1. The highest BCUT2D eigenvalue weighted by Crippen LogP contribution is 2.27. The highest BCUT2D eigenvalue weighted by atomic mass is 16.5. The van der Waals surface area contributed by atoms with Gasteiger partial charge in [-0.3, -0.25) is 9.79 Å². The summed E-state index contributed by atoms with van der Waals surface area (Å²) in [6.07, 6.45) is 0.757. The van der Waals surface area contributed by atoms with E-state index in [9.17, 15) is 9.90 Å². The number of rotatable bonds is 3. The summed E-state index contributed by atoms with van der Waals surface area (Å²) in [6, 6.07) is 0. The van der Waals surface area contributed by atoms with Gasteiger partial charge in [-0.25, -0.2) is 0 Å². The van der Waals surface area contributed by atoms with Gasteiger partial charge in [0.1, 0.15) is 24.0 Å². The largest absolute Gasteiger partial charge is 0.394 e. The molecule has 0 saturated carbocycles. The number of aliphatic hydroxyl groups is 2. The van der Waals surface area contributed by atoms with Crippen LogP contribution < -0.4 is 5.32 Å². The second-order valence-electron chi connectivity index (χ2n) is 4.37. The van der Waals surface area contributed by atoms with Gasteiger partial charge in [-0.1, -0.05) is 6.58 Å². The minimum absolute atomic E-state index is 0.253. The van der Waals surface area contributed by atoms with Crippen molar-refractivity contribution in [2.45, 2.75) is 24.9 Å². The molecule has 0 aromatic heterocycles. The summed E-state index contributed by atoms with van der Waals surface area (Å²) < 4.78 is 5.52. The summed E-state index contributed by atoms with van der Waals surface area (Å²) in [4.78, 5) is 16.6. The van der Waals surface area contributed by atoms with E-state index >= 15 is 0 Å². The Labute approximate surface area is 110 Å². The zero-order valence-corrected chi connectivity index (χ0v) is 10.6. The van der Waals surface area contributed by atoms with Crippen molar-refractivity contribution < 1.29 is 19.7 Å². The Morgan fingerprint density at radius 1 is 1.74 bits per heavy atom. The van der Waals surface area contributed by atoms with Gasteiger partial charge in [-0.15, -0.1) is 0 Å². The fourth-order valence-electron chi connectivity index (χ4n) is 2.14. The number of carbonyl (C=O) groups is 1. The summed E-state index contributed by atoms with van der Waals surface area (Å²) in [7, 11) is 1.57. The molecule has 3 atom stereocenters. The van der Waals surface area contributed by atoms with Crippen molar-refractivity contribution in [1.82, 2.24) is 10.2 Å². The maximum Gasteiger partial charge on any atom is 0.155 e. The molecule has 1 unspecified atom stereocenters. The fourth-order valence-corrected chi connectivity index (χ4v) is 2.14. The number of amidine groups is 1. The molecule has 104 valence electrons. The standard InChI is InChI=1S/C12H17N3O4/c1-7-14-12(13-2)8(5-16)4-15(7)11-3-9(18)10(6-17)19-11/h4-5,9-11,17-18H,1,3,6H2,2H3,(H,13,14)/t9-,10?,11-/m1/s1. The van der Waals surface area contributed by atoms with Gasteiger partial charge in [0.05, 0.1) is 18.3 Å². The molecule has 7 heteroatoms. The molecule has 0 aromatic carbocycles. The van der Waals surface area contributed by atoms with Gasteiger partial charge in [-0.2, -0.15) is 0 Å². The molecule has 0 bridgehead atoms. The van der Waals surface area contributed by atoms with E-state index in [1.54, 1.807) is 18.1 Å². The highest BCUT2D eigenvalue weighted by molar-refractivity contribution is 6.14. The van der Waals surface area contributed by atoms with Gasteiger partial charge >= 0.3 is 0 Å². The van der Waals surface area contributed by atoms with E-state index in [1.807, 2.05) is 0 Å². The third-order valence-electron chi connectivity index (χ3n) is 3.17. The molecule has 7 nitrogen and oxygen atoms in total. The number of aliphatic imine (C=N–C) groups is 1. The minimum Gasteiger partial charge on any atom is -0.394 e. The van der Waals surface area contributed by atoms with E-state index in [0.717, 1.165) is 0 Å². The van der Waals surface area contributed by atoms with Gasteiger partial charge < -0.3 is 25.2 Å². The van der Waals surface area contributed by atoms with Crippen molar-refractivity contribution in [2.75, 3.05) is 13.7 Å². The molecule has 1 saturated heterocycles.